The number of pyridine rings is 1. The Kier molecular flexibility index (Phi) is 8.20. The SMILES string of the molecule is CCOC(=O)CC(Cc1ccc(OCCc2cccc(NC)n2)cc1)c1nccs1. The van der Waals surface area contributed by atoms with Crippen LogP contribution in [0.5, 0.6) is 5.75 Å². The second-order valence-corrected chi connectivity index (χ2v) is 7.71. The van der Waals surface area contributed by atoms with Crippen LogP contribution in [0.25, 0.3) is 0 Å². The molecule has 0 bridgehead atoms. The van der Waals surface area contributed by atoms with Crippen molar-refractivity contribution in [1.82, 2.24) is 9.97 Å². The molecule has 0 radical (unpaired) electrons. The zero-order valence-corrected chi connectivity index (χ0v) is 18.2. The molecule has 0 saturated carbocycles. The van der Waals surface area contributed by atoms with Crippen LogP contribution in [0.3, 0.4) is 0 Å². The van der Waals surface area contributed by atoms with Crippen molar-refractivity contribution in [2.45, 2.75) is 32.1 Å². The predicted molar refractivity (Wildman–Crippen MR) is 119 cm³/mol. The molecule has 0 spiro atoms. The van der Waals surface area contributed by atoms with Gasteiger partial charge >= 0.3 is 5.97 Å². The molecule has 158 valence electrons. The fourth-order valence-electron chi connectivity index (χ4n) is 3.14. The minimum absolute atomic E-state index is 0.0151. The van der Waals surface area contributed by atoms with Crippen LogP contribution >= 0.6 is 11.3 Å². The van der Waals surface area contributed by atoms with E-state index in [0.29, 0.717) is 19.6 Å². The number of nitrogens with one attached hydrogen (secondary N) is 1. The Balaban J connectivity index is 1.55. The molecule has 2 heterocycles. The van der Waals surface area contributed by atoms with E-state index in [1.54, 1.807) is 17.5 Å². The van der Waals surface area contributed by atoms with Gasteiger partial charge in [-0.05, 0) is 43.2 Å². The van der Waals surface area contributed by atoms with Crippen LogP contribution < -0.4 is 10.1 Å². The van der Waals surface area contributed by atoms with Crippen LogP contribution in [-0.4, -0.2) is 36.2 Å². The number of carbonyl (C=O) groups excluding carboxylic acids is 1. The number of anilines is 1. The van der Waals surface area contributed by atoms with Crippen molar-refractivity contribution in [3.8, 4) is 5.75 Å². The lowest BCUT2D eigenvalue weighted by atomic mass is 9.96. The molecule has 0 fully saturated rings. The Bertz CT molecular complexity index is 914. The second-order valence-electron chi connectivity index (χ2n) is 6.79. The zero-order valence-electron chi connectivity index (χ0n) is 17.3. The van der Waals surface area contributed by atoms with Crippen molar-refractivity contribution < 1.29 is 14.3 Å². The van der Waals surface area contributed by atoms with Crippen LogP contribution in [0.4, 0.5) is 5.82 Å². The summed E-state index contributed by atoms with van der Waals surface area (Å²) in [4.78, 5) is 20.9. The number of esters is 1. The highest BCUT2D eigenvalue weighted by molar-refractivity contribution is 7.09. The number of aromatic nitrogens is 2. The van der Waals surface area contributed by atoms with Gasteiger partial charge in [0.1, 0.15) is 11.6 Å². The number of ether oxygens (including phenoxy) is 2. The predicted octanol–water partition coefficient (Wildman–Crippen LogP) is 4.48. The van der Waals surface area contributed by atoms with Gasteiger partial charge in [-0.15, -0.1) is 11.3 Å². The lowest BCUT2D eigenvalue weighted by molar-refractivity contribution is -0.143. The first-order valence-corrected chi connectivity index (χ1v) is 11.0. The number of hydrogen-bond donors (Lipinski definition) is 1. The molecule has 1 atom stereocenters. The van der Waals surface area contributed by atoms with Crippen LogP contribution in [-0.2, 0) is 22.4 Å². The van der Waals surface area contributed by atoms with Gasteiger partial charge in [-0.2, -0.15) is 0 Å². The van der Waals surface area contributed by atoms with E-state index < -0.39 is 0 Å². The molecule has 30 heavy (non-hydrogen) atoms. The first-order chi connectivity index (χ1) is 14.7. The largest absolute Gasteiger partial charge is 0.493 e. The van der Waals surface area contributed by atoms with E-state index in [2.05, 4.69) is 15.3 Å². The van der Waals surface area contributed by atoms with E-state index in [4.69, 9.17) is 9.47 Å². The Morgan fingerprint density at radius 3 is 2.73 bits per heavy atom. The van der Waals surface area contributed by atoms with Crippen molar-refractivity contribution in [2.75, 3.05) is 25.6 Å². The van der Waals surface area contributed by atoms with Gasteiger partial charge in [0.15, 0.2) is 0 Å². The van der Waals surface area contributed by atoms with Gasteiger partial charge in [0.2, 0.25) is 0 Å². The van der Waals surface area contributed by atoms with Gasteiger partial charge in [-0.1, -0.05) is 18.2 Å². The maximum atomic E-state index is 12.0. The van der Waals surface area contributed by atoms with Crippen molar-refractivity contribution in [3.63, 3.8) is 0 Å². The minimum atomic E-state index is -0.186. The molecule has 2 aromatic heterocycles. The first-order valence-electron chi connectivity index (χ1n) is 10.1. The summed E-state index contributed by atoms with van der Waals surface area (Å²) < 4.78 is 11.0. The van der Waals surface area contributed by atoms with E-state index >= 15 is 0 Å². The van der Waals surface area contributed by atoms with Crippen molar-refractivity contribution >= 4 is 23.1 Å². The Labute approximate surface area is 181 Å². The number of nitrogens with zero attached hydrogens (tertiary/aromatic N) is 2. The third kappa shape index (κ3) is 6.56. The molecule has 1 aromatic carbocycles. The summed E-state index contributed by atoms with van der Waals surface area (Å²) in [5, 5.41) is 5.94. The van der Waals surface area contributed by atoms with Gasteiger partial charge in [-0.25, -0.2) is 9.97 Å². The van der Waals surface area contributed by atoms with Crippen LogP contribution in [0.15, 0.2) is 54.0 Å². The molecular weight excluding hydrogens is 398 g/mol. The second kappa shape index (κ2) is 11.3. The molecule has 0 aliphatic heterocycles. The number of thiazole rings is 1. The molecule has 1 N–H and O–H groups in total. The Hall–Kier alpha value is -2.93. The van der Waals surface area contributed by atoms with E-state index in [1.165, 1.54) is 0 Å². The number of carbonyl (C=O) groups is 1. The highest BCUT2D eigenvalue weighted by Crippen LogP contribution is 2.27. The first kappa shape index (κ1) is 21.8. The maximum absolute atomic E-state index is 12.0. The summed E-state index contributed by atoms with van der Waals surface area (Å²) in [5.41, 5.74) is 2.12. The van der Waals surface area contributed by atoms with Gasteiger partial charge in [-0.3, -0.25) is 4.79 Å². The topological polar surface area (TPSA) is 73.3 Å². The molecular formula is C23H27N3O3S. The summed E-state index contributed by atoms with van der Waals surface area (Å²) in [6, 6.07) is 13.9. The summed E-state index contributed by atoms with van der Waals surface area (Å²) in [5.74, 6) is 1.50. The van der Waals surface area contributed by atoms with Crippen molar-refractivity contribution in [1.29, 1.82) is 0 Å². The van der Waals surface area contributed by atoms with E-state index in [1.807, 2.05) is 61.8 Å². The molecule has 7 heteroatoms. The maximum Gasteiger partial charge on any atom is 0.306 e. The van der Waals surface area contributed by atoms with E-state index in [0.717, 1.165) is 40.7 Å². The zero-order chi connectivity index (χ0) is 21.2. The number of hydrogen-bond acceptors (Lipinski definition) is 7. The van der Waals surface area contributed by atoms with Crippen molar-refractivity contribution in [2.24, 2.45) is 0 Å². The van der Waals surface area contributed by atoms with Crippen LogP contribution in [0, 0.1) is 0 Å². The van der Waals surface area contributed by atoms with Gasteiger partial charge in [0, 0.05) is 36.7 Å². The average molecular weight is 426 g/mol. The summed E-state index contributed by atoms with van der Waals surface area (Å²) >= 11 is 1.57. The third-order valence-electron chi connectivity index (χ3n) is 4.61. The summed E-state index contributed by atoms with van der Waals surface area (Å²) in [6.45, 7) is 2.77. The van der Waals surface area contributed by atoms with E-state index in [9.17, 15) is 4.79 Å². The number of benzene rings is 1. The summed E-state index contributed by atoms with van der Waals surface area (Å²) in [7, 11) is 1.86. The smallest absolute Gasteiger partial charge is 0.306 e. The third-order valence-corrected chi connectivity index (χ3v) is 5.55. The molecule has 6 nitrogen and oxygen atoms in total. The van der Waals surface area contributed by atoms with Gasteiger partial charge < -0.3 is 14.8 Å². The van der Waals surface area contributed by atoms with Crippen LogP contribution in [0.2, 0.25) is 0 Å². The Morgan fingerprint density at radius 1 is 1.20 bits per heavy atom. The molecule has 0 amide bonds. The highest BCUT2D eigenvalue weighted by Gasteiger charge is 2.20. The van der Waals surface area contributed by atoms with Crippen LogP contribution in [0.1, 0.15) is 35.5 Å². The fraction of sp³-hybridized carbons (Fsp3) is 0.348. The Morgan fingerprint density at radius 2 is 2.03 bits per heavy atom. The van der Waals surface area contributed by atoms with E-state index in [-0.39, 0.29) is 11.9 Å². The number of rotatable bonds is 11. The highest BCUT2D eigenvalue weighted by atomic mass is 32.1. The normalized spacial score (nSPS) is 11.7. The lowest BCUT2D eigenvalue weighted by Crippen LogP contribution is -2.12. The monoisotopic (exact) mass is 425 g/mol. The molecule has 0 aliphatic carbocycles. The van der Waals surface area contributed by atoms with Gasteiger partial charge in [0.25, 0.3) is 0 Å². The molecule has 0 saturated heterocycles. The van der Waals surface area contributed by atoms with Gasteiger partial charge in [0.05, 0.1) is 24.6 Å². The minimum Gasteiger partial charge on any atom is -0.493 e. The average Bonchev–Trinajstić information content (AvgIpc) is 3.30. The fourth-order valence-corrected chi connectivity index (χ4v) is 3.88. The standard InChI is InChI=1S/C23H27N3O3S/c1-3-28-22(27)16-18(23-25-12-14-30-23)15-17-7-9-20(10-8-17)29-13-11-19-5-4-6-21(24-2)26-19/h4-10,12,14,18H,3,11,13,15-16H2,1-2H3,(H,24,26). The van der Waals surface area contributed by atoms with Crippen molar-refractivity contribution in [3.05, 3.63) is 70.3 Å². The quantitative estimate of drug-likeness (QED) is 0.457. The lowest BCUT2D eigenvalue weighted by Gasteiger charge is -2.14. The molecule has 1 unspecified atom stereocenters. The molecule has 3 rings (SSSR count). The summed E-state index contributed by atoms with van der Waals surface area (Å²) in [6.07, 6.45) is 3.57. The molecule has 0 aliphatic rings. The molecule has 3 aromatic rings.